The Morgan fingerprint density at radius 1 is 1.10 bits per heavy atom. The van der Waals surface area contributed by atoms with Crippen LogP contribution in [0.25, 0.3) is 0 Å². The van der Waals surface area contributed by atoms with Crippen molar-refractivity contribution in [3.05, 3.63) is 63.7 Å². The summed E-state index contributed by atoms with van der Waals surface area (Å²) >= 11 is 5.99. The molecule has 0 saturated carbocycles. The van der Waals surface area contributed by atoms with Gasteiger partial charge in [0.1, 0.15) is 11.6 Å². The molecule has 31 heavy (non-hydrogen) atoms. The number of amides is 2. The van der Waals surface area contributed by atoms with Gasteiger partial charge in [-0.15, -0.1) is 12.4 Å². The fraction of sp³-hybridized carbons (Fsp3) is 0.200. The first-order chi connectivity index (χ1) is 14.2. The Morgan fingerprint density at radius 2 is 1.77 bits per heavy atom. The summed E-state index contributed by atoms with van der Waals surface area (Å²) in [5.74, 6) is -1.29. The van der Waals surface area contributed by atoms with Crippen molar-refractivity contribution >= 4 is 47.6 Å². The maximum absolute atomic E-state index is 12.6. The largest absolute Gasteiger partial charge is 0.483 e. The quantitative estimate of drug-likeness (QED) is 0.264. The van der Waals surface area contributed by atoms with E-state index in [1.165, 1.54) is 38.4 Å². The summed E-state index contributed by atoms with van der Waals surface area (Å²) < 4.78 is 10.2. The Bertz CT molecular complexity index is 998. The molecular formula is C20H22Cl2N4O5. The maximum Gasteiger partial charge on any atom is 0.337 e. The van der Waals surface area contributed by atoms with Crippen LogP contribution >= 0.6 is 24.0 Å². The van der Waals surface area contributed by atoms with Crippen LogP contribution in [0.3, 0.4) is 0 Å². The van der Waals surface area contributed by atoms with Crippen LogP contribution in [0.1, 0.15) is 31.8 Å². The number of methoxy groups -OCH3 is 1. The lowest BCUT2D eigenvalue weighted by Gasteiger charge is -2.14. The van der Waals surface area contributed by atoms with Crippen LogP contribution < -0.4 is 21.1 Å². The van der Waals surface area contributed by atoms with E-state index in [-0.39, 0.29) is 53.5 Å². The third kappa shape index (κ3) is 7.16. The van der Waals surface area contributed by atoms with Gasteiger partial charge in [-0.25, -0.2) is 4.79 Å². The summed E-state index contributed by atoms with van der Waals surface area (Å²) in [5, 5.41) is 12.9. The minimum Gasteiger partial charge on any atom is -0.483 e. The van der Waals surface area contributed by atoms with Crippen molar-refractivity contribution < 1.29 is 23.9 Å². The molecule has 0 saturated heterocycles. The highest BCUT2D eigenvalue weighted by atomic mass is 35.5. The molecule has 11 heteroatoms. The van der Waals surface area contributed by atoms with Crippen molar-refractivity contribution in [1.82, 2.24) is 10.6 Å². The van der Waals surface area contributed by atoms with E-state index in [1.807, 2.05) is 0 Å². The van der Waals surface area contributed by atoms with Crippen molar-refractivity contribution in [3.63, 3.8) is 0 Å². The van der Waals surface area contributed by atoms with Gasteiger partial charge in [0.05, 0.1) is 12.7 Å². The summed E-state index contributed by atoms with van der Waals surface area (Å²) in [4.78, 5) is 35.8. The van der Waals surface area contributed by atoms with Gasteiger partial charge in [-0.05, 0) is 24.3 Å². The number of nitrogens with one attached hydrogen (secondary N) is 3. The lowest BCUT2D eigenvalue weighted by atomic mass is 10.1. The monoisotopic (exact) mass is 468 g/mol. The molecule has 0 aliphatic heterocycles. The number of carbonyl (C=O) groups excluding carboxylic acids is 3. The topological polar surface area (TPSA) is 144 Å². The predicted molar refractivity (Wildman–Crippen MR) is 118 cm³/mol. The lowest BCUT2D eigenvalue weighted by molar-refractivity contribution is -0.122. The van der Waals surface area contributed by atoms with E-state index < -0.39 is 11.9 Å². The Labute approximate surface area is 190 Å². The van der Waals surface area contributed by atoms with Gasteiger partial charge in [-0.2, -0.15) is 0 Å². The zero-order valence-corrected chi connectivity index (χ0v) is 18.4. The van der Waals surface area contributed by atoms with Crippen LogP contribution in [0.2, 0.25) is 5.02 Å². The zero-order valence-electron chi connectivity index (χ0n) is 16.8. The number of halogens is 2. The normalized spacial score (nSPS) is 9.77. The SMILES string of the molecule is CNC(=O)COc1cc(C(=N)N)ccc1CNC(=O)c1cc(Cl)cc(C(=O)OC)c1.Cl. The summed E-state index contributed by atoms with van der Waals surface area (Å²) in [6, 6.07) is 8.94. The molecule has 0 aromatic heterocycles. The molecule has 0 fully saturated rings. The molecule has 0 spiro atoms. The smallest absolute Gasteiger partial charge is 0.337 e. The number of amidine groups is 1. The van der Waals surface area contributed by atoms with Gasteiger partial charge in [0.2, 0.25) is 0 Å². The van der Waals surface area contributed by atoms with E-state index in [0.29, 0.717) is 16.9 Å². The number of rotatable bonds is 8. The maximum atomic E-state index is 12.6. The molecule has 9 nitrogen and oxygen atoms in total. The molecule has 5 N–H and O–H groups in total. The first-order valence-corrected chi connectivity index (χ1v) is 9.10. The zero-order chi connectivity index (χ0) is 22.3. The van der Waals surface area contributed by atoms with Crippen LogP contribution in [0.15, 0.2) is 36.4 Å². The number of nitrogen functional groups attached to an aromatic ring is 1. The lowest BCUT2D eigenvalue weighted by Crippen LogP contribution is -2.26. The Morgan fingerprint density at radius 3 is 2.39 bits per heavy atom. The average Bonchev–Trinajstić information content (AvgIpc) is 2.74. The number of hydrogen-bond acceptors (Lipinski definition) is 6. The van der Waals surface area contributed by atoms with E-state index in [9.17, 15) is 14.4 Å². The molecule has 2 aromatic carbocycles. The third-order valence-corrected chi connectivity index (χ3v) is 4.25. The van der Waals surface area contributed by atoms with Crippen LogP contribution in [0.5, 0.6) is 5.75 Å². The fourth-order valence-corrected chi connectivity index (χ4v) is 2.69. The minimum atomic E-state index is -0.615. The Kier molecular flexibility index (Phi) is 9.78. The minimum absolute atomic E-state index is 0. The summed E-state index contributed by atoms with van der Waals surface area (Å²) in [5.41, 5.74) is 6.81. The van der Waals surface area contributed by atoms with Gasteiger partial charge in [0.25, 0.3) is 11.8 Å². The Hall–Kier alpha value is -3.30. The summed E-state index contributed by atoms with van der Waals surface area (Å²) in [6.07, 6.45) is 0. The molecule has 2 rings (SSSR count). The van der Waals surface area contributed by atoms with Crippen LogP contribution in [-0.2, 0) is 16.1 Å². The molecule has 0 atom stereocenters. The van der Waals surface area contributed by atoms with Gasteiger partial charge in [0, 0.05) is 35.3 Å². The molecule has 2 amide bonds. The van der Waals surface area contributed by atoms with E-state index in [2.05, 4.69) is 15.4 Å². The summed E-state index contributed by atoms with van der Waals surface area (Å²) in [7, 11) is 2.71. The number of benzene rings is 2. The van der Waals surface area contributed by atoms with E-state index >= 15 is 0 Å². The van der Waals surface area contributed by atoms with Crippen molar-refractivity contribution in [3.8, 4) is 5.75 Å². The fourth-order valence-electron chi connectivity index (χ4n) is 2.45. The van der Waals surface area contributed by atoms with E-state index in [4.69, 9.17) is 27.5 Å². The summed E-state index contributed by atoms with van der Waals surface area (Å²) in [6.45, 7) is -0.185. The second kappa shape index (κ2) is 11.8. The van der Waals surface area contributed by atoms with Crippen LogP contribution in [0, 0.1) is 5.41 Å². The molecule has 0 aliphatic rings. The number of carbonyl (C=O) groups is 3. The molecular weight excluding hydrogens is 447 g/mol. The van der Waals surface area contributed by atoms with E-state index in [1.54, 1.807) is 12.1 Å². The van der Waals surface area contributed by atoms with Gasteiger partial charge in [-0.1, -0.05) is 23.7 Å². The number of ether oxygens (including phenoxy) is 2. The first kappa shape index (κ1) is 25.7. The predicted octanol–water partition coefficient (Wildman–Crippen LogP) is 1.89. The highest BCUT2D eigenvalue weighted by Gasteiger charge is 2.15. The molecule has 2 aromatic rings. The van der Waals surface area contributed by atoms with E-state index in [0.717, 1.165) is 0 Å². The molecule has 0 unspecified atom stereocenters. The molecule has 166 valence electrons. The van der Waals surface area contributed by atoms with Gasteiger partial charge >= 0.3 is 5.97 Å². The number of hydrogen-bond donors (Lipinski definition) is 4. The number of esters is 1. The van der Waals surface area contributed by atoms with Gasteiger partial charge in [0.15, 0.2) is 6.61 Å². The van der Waals surface area contributed by atoms with Crippen molar-refractivity contribution in [2.24, 2.45) is 5.73 Å². The second-order valence-corrected chi connectivity index (χ2v) is 6.54. The highest BCUT2D eigenvalue weighted by molar-refractivity contribution is 6.31. The second-order valence-electron chi connectivity index (χ2n) is 6.10. The molecule has 0 bridgehead atoms. The van der Waals surface area contributed by atoms with Crippen LogP contribution in [0.4, 0.5) is 0 Å². The first-order valence-electron chi connectivity index (χ1n) is 8.73. The number of nitrogens with two attached hydrogens (primary N) is 1. The standard InChI is InChI=1S/C20H21ClN4O5.ClH/c1-24-17(26)10-30-16-8-11(18(22)23)3-4-12(16)9-25-19(27)13-5-14(20(28)29-2)7-15(21)6-13;/h3-8H,9-10H2,1-2H3,(H3,22,23)(H,24,26)(H,25,27);1H. The van der Waals surface area contributed by atoms with Crippen LogP contribution in [-0.4, -0.2) is 44.4 Å². The molecule has 0 heterocycles. The molecule has 0 radical (unpaired) electrons. The third-order valence-electron chi connectivity index (χ3n) is 4.04. The molecule has 0 aliphatic carbocycles. The number of likely N-dealkylation sites (N-methyl/N-ethyl adjacent to an activating group) is 1. The Balaban J connectivity index is 0.00000480. The average molecular weight is 469 g/mol. The van der Waals surface area contributed by atoms with Gasteiger partial charge < -0.3 is 25.8 Å². The highest BCUT2D eigenvalue weighted by Crippen LogP contribution is 2.21. The van der Waals surface area contributed by atoms with Gasteiger partial charge in [-0.3, -0.25) is 15.0 Å². The van der Waals surface area contributed by atoms with Crippen molar-refractivity contribution in [2.75, 3.05) is 20.8 Å². The van der Waals surface area contributed by atoms with Crippen molar-refractivity contribution in [1.29, 1.82) is 5.41 Å². The van der Waals surface area contributed by atoms with Crippen molar-refractivity contribution in [2.45, 2.75) is 6.54 Å².